The lowest BCUT2D eigenvalue weighted by molar-refractivity contribution is -0.109. The van der Waals surface area contributed by atoms with Gasteiger partial charge in [0.05, 0.1) is 30.0 Å². The van der Waals surface area contributed by atoms with Gasteiger partial charge in [0.15, 0.2) is 11.6 Å². The molecule has 0 radical (unpaired) electrons. The number of nitrogens with one attached hydrogen (secondary N) is 2. The normalized spacial score (nSPS) is 16.8. The van der Waals surface area contributed by atoms with Crippen molar-refractivity contribution in [2.75, 3.05) is 18.4 Å². The molecule has 1 saturated heterocycles. The first-order valence-electron chi connectivity index (χ1n) is 10.8. The minimum atomic E-state index is -1.39. The van der Waals surface area contributed by atoms with Gasteiger partial charge in [-0.05, 0) is 65.3 Å². The number of hydrogen-bond donors (Lipinski definition) is 4. The van der Waals surface area contributed by atoms with E-state index in [1.165, 1.54) is 17.0 Å². The third kappa shape index (κ3) is 5.66. The van der Waals surface area contributed by atoms with Gasteiger partial charge in [-0.25, -0.2) is 18.0 Å². The van der Waals surface area contributed by atoms with Crippen molar-refractivity contribution in [2.45, 2.75) is 45.3 Å². The number of carbonyl (C=O) groups excluding carboxylic acids is 1. The SMILES string of the molecule is CC(C)(C)C(C)(CC1(O)CN(C(=O)c2ccc(F)c(F)c2Nc2ccc(I)cc2F)C1)NC(=O)O. The second-order valence-electron chi connectivity index (χ2n) is 10.1. The maximum Gasteiger partial charge on any atom is 0.405 e. The molecule has 0 saturated carbocycles. The van der Waals surface area contributed by atoms with E-state index in [2.05, 4.69) is 10.6 Å². The lowest BCUT2D eigenvalue weighted by Gasteiger charge is -2.53. The van der Waals surface area contributed by atoms with E-state index in [9.17, 15) is 33.0 Å². The zero-order chi connectivity index (χ0) is 26.3. The van der Waals surface area contributed by atoms with E-state index in [-0.39, 0.29) is 30.8 Å². The monoisotopic (exact) mass is 605 g/mol. The van der Waals surface area contributed by atoms with Gasteiger partial charge in [-0.1, -0.05) is 20.8 Å². The number of carboxylic acid groups (broad SMARTS) is 1. The molecule has 2 aromatic carbocycles. The molecule has 1 fully saturated rings. The average molecular weight is 605 g/mol. The predicted molar refractivity (Wildman–Crippen MR) is 133 cm³/mol. The Labute approximate surface area is 214 Å². The molecule has 35 heavy (non-hydrogen) atoms. The van der Waals surface area contributed by atoms with Crippen molar-refractivity contribution in [2.24, 2.45) is 5.41 Å². The number of halogens is 4. The van der Waals surface area contributed by atoms with E-state index in [4.69, 9.17) is 0 Å². The van der Waals surface area contributed by atoms with Gasteiger partial charge in [0.2, 0.25) is 0 Å². The standard InChI is InChI=1S/C24H27F3IN3O4/c1-22(2,3)23(4,30-21(33)34)10-24(35)11-31(12-24)20(32)14-6-7-15(25)18(27)19(14)29-17-8-5-13(28)9-16(17)26/h5-9,29-30,35H,10-12H2,1-4H3,(H,33,34). The van der Waals surface area contributed by atoms with Crippen LogP contribution in [0, 0.1) is 26.4 Å². The molecular weight excluding hydrogens is 578 g/mol. The quantitative estimate of drug-likeness (QED) is 0.344. The third-order valence-electron chi connectivity index (χ3n) is 6.49. The van der Waals surface area contributed by atoms with Crippen LogP contribution in [-0.2, 0) is 0 Å². The minimum absolute atomic E-state index is 0.0241. The van der Waals surface area contributed by atoms with Gasteiger partial charge >= 0.3 is 6.09 Å². The first-order valence-corrected chi connectivity index (χ1v) is 11.9. The molecule has 190 valence electrons. The fourth-order valence-electron chi connectivity index (χ4n) is 4.06. The second-order valence-corrected chi connectivity index (χ2v) is 11.4. The van der Waals surface area contributed by atoms with E-state index < -0.39 is 51.7 Å². The van der Waals surface area contributed by atoms with Crippen molar-refractivity contribution in [1.82, 2.24) is 10.2 Å². The fourth-order valence-corrected chi connectivity index (χ4v) is 4.51. The Hall–Kier alpha value is -2.54. The van der Waals surface area contributed by atoms with Crippen molar-refractivity contribution >= 4 is 46.0 Å². The van der Waals surface area contributed by atoms with E-state index in [0.29, 0.717) is 3.57 Å². The molecule has 0 spiro atoms. The first-order chi connectivity index (χ1) is 16.0. The van der Waals surface area contributed by atoms with E-state index in [0.717, 1.165) is 12.1 Å². The van der Waals surface area contributed by atoms with Crippen LogP contribution in [0.3, 0.4) is 0 Å². The van der Waals surface area contributed by atoms with E-state index in [1.54, 1.807) is 13.0 Å². The summed E-state index contributed by atoms with van der Waals surface area (Å²) in [6.07, 6.45) is -1.21. The number of β-amino-alcohol motifs (C(OH)–C–C–N with tert-alkyl or cyclic N) is 1. The second kappa shape index (κ2) is 9.49. The van der Waals surface area contributed by atoms with Gasteiger partial charge in [-0.2, -0.15) is 0 Å². The van der Waals surface area contributed by atoms with Crippen LogP contribution in [0.4, 0.5) is 29.3 Å². The number of likely N-dealkylation sites (tertiary alicyclic amines) is 1. The summed E-state index contributed by atoms with van der Waals surface area (Å²) in [6, 6.07) is 6.01. The van der Waals surface area contributed by atoms with Gasteiger partial charge in [0.1, 0.15) is 11.4 Å². The molecule has 1 atom stereocenters. The summed E-state index contributed by atoms with van der Waals surface area (Å²) < 4.78 is 43.6. The topological polar surface area (TPSA) is 102 Å². The number of nitrogens with zero attached hydrogens (tertiary/aromatic N) is 1. The maximum atomic E-state index is 14.7. The third-order valence-corrected chi connectivity index (χ3v) is 7.17. The summed E-state index contributed by atoms with van der Waals surface area (Å²) in [6.45, 7) is 6.88. The summed E-state index contributed by atoms with van der Waals surface area (Å²) >= 11 is 1.90. The highest BCUT2D eigenvalue weighted by atomic mass is 127. The number of aliphatic hydroxyl groups is 1. The zero-order valence-electron chi connectivity index (χ0n) is 19.7. The zero-order valence-corrected chi connectivity index (χ0v) is 21.8. The maximum absolute atomic E-state index is 14.7. The lowest BCUT2D eigenvalue weighted by atomic mass is 9.67. The number of hydrogen-bond acceptors (Lipinski definition) is 4. The Morgan fingerprint density at radius 2 is 1.71 bits per heavy atom. The van der Waals surface area contributed by atoms with Crippen molar-refractivity contribution in [3.05, 3.63) is 56.9 Å². The van der Waals surface area contributed by atoms with Crippen LogP contribution >= 0.6 is 22.6 Å². The van der Waals surface area contributed by atoms with Crippen LogP contribution in [-0.4, -0.2) is 51.3 Å². The number of benzene rings is 2. The molecule has 11 heteroatoms. The number of rotatable bonds is 6. The van der Waals surface area contributed by atoms with Crippen LogP contribution in [0.25, 0.3) is 0 Å². The number of carbonyl (C=O) groups is 2. The number of anilines is 2. The van der Waals surface area contributed by atoms with Crippen LogP contribution in [0.5, 0.6) is 0 Å². The Bertz CT molecular complexity index is 1170. The molecule has 1 aliphatic rings. The molecule has 0 bridgehead atoms. The van der Waals surface area contributed by atoms with E-state index >= 15 is 0 Å². The minimum Gasteiger partial charge on any atom is -0.465 e. The van der Waals surface area contributed by atoms with Gasteiger partial charge in [0, 0.05) is 15.5 Å². The van der Waals surface area contributed by atoms with Gasteiger partial charge < -0.3 is 25.7 Å². The molecule has 1 aliphatic heterocycles. The Kier molecular flexibility index (Phi) is 7.34. The predicted octanol–water partition coefficient (Wildman–Crippen LogP) is 5.10. The van der Waals surface area contributed by atoms with Crippen molar-refractivity contribution < 1.29 is 33.0 Å². The summed E-state index contributed by atoms with van der Waals surface area (Å²) in [4.78, 5) is 25.7. The van der Waals surface area contributed by atoms with E-state index in [1.807, 2.05) is 43.4 Å². The van der Waals surface area contributed by atoms with Crippen LogP contribution < -0.4 is 10.6 Å². The van der Waals surface area contributed by atoms with Crippen LogP contribution in [0.1, 0.15) is 44.5 Å². The molecule has 2 aromatic rings. The highest BCUT2D eigenvalue weighted by Crippen LogP contribution is 2.40. The molecule has 1 unspecified atom stereocenters. The summed E-state index contributed by atoms with van der Waals surface area (Å²) in [5.74, 6) is -3.94. The Balaban J connectivity index is 1.84. The molecule has 2 amide bonds. The van der Waals surface area contributed by atoms with Gasteiger partial charge in [-0.3, -0.25) is 4.79 Å². The summed E-state index contributed by atoms with van der Waals surface area (Å²) in [7, 11) is 0. The van der Waals surface area contributed by atoms with Crippen LogP contribution in [0.2, 0.25) is 0 Å². The molecule has 7 nitrogen and oxygen atoms in total. The highest BCUT2D eigenvalue weighted by molar-refractivity contribution is 14.1. The lowest BCUT2D eigenvalue weighted by Crippen LogP contribution is -2.69. The molecule has 0 aromatic heterocycles. The Morgan fingerprint density at radius 3 is 2.26 bits per heavy atom. The number of amides is 2. The molecular formula is C24H27F3IN3O4. The summed E-state index contributed by atoms with van der Waals surface area (Å²) in [5, 5.41) is 25.2. The molecule has 3 rings (SSSR count). The molecule has 0 aliphatic carbocycles. The Morgan fingerprint density at radius 1 is 1.09 bits per heavy atom. The van der Waals surface area contributed by atoms with Crippen molar-refractivity contribution in [3.8, 4) is 0 Å². The van der Waals surface area contributed by atoms with Gasteiger partial charge in [0.25, 0.3) is 5.91 Å². The smallest absolute Gasteiger partial charge is 0.405 e. The van der Waals surface area contributed by atoms with Crippen LogP contribution in [0.15, 0.2) is 30.3 Å². The summed E-state index contributed by atoms with van der Waals surface area (Å²) in [5.41, 5.74) is -3.84. The first kappa shape index (κ1) is 27.1. The van der Waals surface area contributed by atoms with Crippen molar-refractivity contribution in [1.29, 1.82) is 0 Å². The van der Waals surface area contributed by atoms with Gasteiger partial charge in [-0.15, -0.1) is 0 Å². The average Bonchev–Trinajstić information content (AvgIpc) is 2.69. The highest BCUT2D eigenvalue weighted by Gasteiger charge is 2.52. The largest absolute Gasteiger partial charge is 0.465 e. The fraction of sp³-hybridized carbons (Fsp3) is 0.417. The van der Waals surface area contributed by atoms with Crippen molar-refractivity contribution in [3.63, 3.8) is 0 Å². The molecule has 4 N–H and O–H groups in total. The molecule has 1 heterocycles.